The Labute approximate surface area is 234 Å². The van der Waals surface area contributed by atoms with Crippen molar-refractivity contribution in [3.05, 3.63) is 39.0 Å². The first-order valence-electron chi connectivity index (χ1n) is 13.0. The van der Waals surface area contributed by atoms with Gasteiger partial charge in [-0.15, -0.1) is 11.3 Å². The summed E-state index contributed by atoms with van der Waals surface area (Å²) in [6, 6.07) is 0. The van der Waals surface area contributed by atoms with E-state index < -0.39 is 6.43 Å². The normalized spacial score (nSPS) is 20.6. The standard InChI is InChI=1S/C26H33ClF3N5OS2/c1-3-5-25(2,6-9-28)33-38-17-4-10-35-20(18(13-17)34-11-7-26(8-12-34)15-36-16-26)21(27)32-23(35)24-31-14-19(37-24)22(29)30/h4,13-14,22,33H,3,5-12,15-16H2,1-2H3. The maximum atomic E-state index is 13.3. The summed E-state index contributed by atoms with van der Waals surface area (Å²) >= 11 is 9.20. The average molecular weight is 588 g/mol. The highest BCUT2D eigenvalue weighted by Crippen LogP contribution is 2.43. The number of nitrogens with one attached hydrogen (secondary N) is 1. The van der Waals surface area contributed by atoms with Crippen molar-refractivity contribution in [1.29, 1.82) is 0 Å². The molecule has 2 aromatic rings. The maximum Gasteiger partial charge on any atom is 0.274 e. The number of rotatable bonds is 10. The largest absolute Gasteiger partial charge is 0.380 e. The Morgan fingerprint density at radius 3 is 2.66 bits per heavy atom. The number of thiazole rings is 1. The van der Waals surface area contributed by atoms with Crippen molar-refractivity contribution in [2.24, 2.45) is 5.41 Å². The molecule has 1 spiro atoms. The molecule has 2 saturated heterocycles. The molecule has 0 bridgehead atoms. The van der Waals surface area contributed by atoms with Gasteiger partial charge in [0.05, 0.1) is 30.5 Å². The highest BCUT2D eigenvalue weighted by Gasteiger charge is 2.42. The van der Waals surface area contributed by atoms with E-state index in [9.17, 15) is 13.2 Å². The van der Waals surface area contributed by atoms with Gasteiger partial charge in [0.25, 0.3) is 6.43 Å². The lowest BCUT2D eigenvalue weighted by atomic mass is 9.76. The molecule has 0 aromatic carbocycles. The Morgan fingerprint density at radius 2 is 2.05 bits per heavy atom. The SMILES string of the molecule is CCCC(C)(CCF)NSC1=CCn2c(-c3ncc(C(F)F)s3)nc(Cl)c2C(N2CCC3(CC2)COC3)=C1. The fourth-order valence-corrected chi connectivity index (χ4v) is 7.27. The predicted octanol–water partition coefficient (Wildman–Crippen LogP) is 7.10. The van der Waals surface area contributed by atoms with E-state index in [1.807, 2.05) is 4.57 Å². The molecule has 5 rings (SSSR count). The molecule has 3 aliphatic heterocycles. The second-order valence-corrected chi connectivity index (χ2v) is 12.9. The summed E-state index contributed by atoms with van der Waals surface area (Å²) in [6.07, 6.45) is 7.13. The third kappa shape index (κ3) is 5.68. The van der Waals surface area contributed by atoms with Gasteiger partial charge in [-0.3, -0.25) is 9.11 Å². The van der Waals surface area contributed by atoms with Crippen LogP contribution >= 0.6 is 34.9 Å². The van der Waals surface area contributed by atoms with Crippen molar-refractivity contribution in [3.8, 4) is 10.8 Å². The molecule has 38 heavy (non-hydrogen) atoms. The van der Waals surface area contributed by atoms with E-state index in [4.69, 9.17) is 16.3 Å². The van der Waals surface area contributed by atoms with Crippen LogP contribution in [0, 0.1) is 5.41 Å². The highest BCUT2D eigenvalue weighted by molar-refractivity contribution is 8.01. The lowest BCUT2D eigenvalue weighted by Crippen LogP contribution is -2.50. The predicted molar refractivity (Wildman–Crippen MR) is 148 cm³/mol. The zero-order chi connectivity index (χ0) is 26.9. The first-order valence-corrected chi connectivity index (χ1v) is 15.0. The van der Waals surface area contributed by atoms with Gasteiger partial charge in [0.2, 0.25) is 0 Å². The lowest BCUT2D eigenvalue weighted by molar-refractivity contribution is -0.135. The second-order valence-electron chi connectivity index (χ2n) is 10.6. The molecular formula is C26H33ClF3N5OS2. The van der Waals surface area contributed by atoms with Crippen LogP contribution in [0.1, 0.15) is 62.9 Å². The molecule has 6 nitrogen and oxygen atoms in total. The van der Waals surface area contributed by atoms with E-state index in [1.54, 1.807) is 0 Å². The second kappa shape index (κ2) is 11.5. The van der Waals surface area contributed by atoms with Gasteiger partial charge >= 0.3 is 0 Å². The molecule has 2 fully saturated rings. The van der Waals surface area contributed by atoms with Gasteiger partial charge in [0, 0.05) is 41.7 Å². The number of hydrogen-bond donors (Lipinski definition) is 1. The maximum absolute atomic E-state index is 13.3. The quantitative estimate of drug-likeness (QED) is 0.299. The van der Waals surface area contributed by atoms with Gasteiger partial charge in [-0.2, -0.15) is 0 Å². The van der Waals surface area contributed by atoms with Crippen molar-refractivity contribution in [2.45, 2.75) is 64.5 Å². The number of aromatic nitrogens is 3. The summed E-state index contributed by atoms with van der Waals surface area (Å²) in [5.41, 5.74) is 1.66. The zero-order valence-corrected chi connectivity index (χ0v) is 24.0. The Kier molecular flexibility index (Phi) is 8.50. The van der Waals surface area contributed by atoms with Crippen molar-refractivity contribution in [3.63, 3.8) is 0 Å². The van der Waals surface area contributed by atoms with Gasteiger partial charge in [0.15, 0.2) is 16.0 Å². The minimum atomic E-state index is -2.59. The molecule has 1 atom stereocenters. The summed E-state index contributed by atoms with van der Waals surface area (Å²) in [5.74, 6) is 0.484. The lowest BCUT2D eigenvalue weighted by Gasteiger charge is -2.48. The number of imidazole rings is 1. The van der Waals surface area contributed by atoms with Crippen LogP contribution in [0.15, 0.2) is 23.3 Å². The van der Waals surface area contributed by atoms with Crippen LogP contribution < -0.4 is 4.72 Å². The van der Waals surface area contributed by atoms with Crippen LogP contribution in [0.4, 0.5) is 13.2 Å². The smallest absolute Gasteiger partial charge is 0.274 e. The molecule has 1 unspecified atom stereocenters. The minimum absolute atomic E-state index is 0.0963. The summed E-state index contributed by atoms with van der Waals surface area (Å²) in [4.78, 5) is 12.1. The van der Waals surface area contributed by atoms with Crippen molar-refractivity contribution >= 4 is 40.6 Å². The summed E-state index contributed by atoms with van der Waals surface area (Å²) in [6.45, 7) is 7.58. The fourth-order valence-electron chi connectivity index (χ4n) is 5.33. The van der Waals surface area contributed by atoms with E-state index in [-0.39, 0.29) is 22.5 Å². The van der Waals surface area contributed by atoms with E-state index in [1.165, 1.54) is 18.1 Å². The molecule has 208 valence electrons. The number of allylic oxidation sites excluding steroid dienone is 2. The number of nitrogens with zero attached hydrogens (tertiary/aromatic N) is 4. The van der Waals surface area contributed by atoms with Gasteiger partial charge in [0.1, 0.15) is 5.69 Å². The Balaban J connectivity index is 1.48. The molecular weight excluding hydrogens is 555 g/mol. The summed E-state index contributed by atoms with van der Waals surface area (Å²) < 4.78 is 50.9. The van der Waals surface area contributed by atoms with Crippen LogP contribution in [-0.4, -0.2) is 58.0 Å². The fraction of sp³-hybridized carbons (Fsp3) is 0.615. The molecule has 2 aromatic heterocycles. The minimum Gasteiger partial charge on any atom is -0.380 e. The molecule has 1 N–H and O–H groups in total. The molecule has 3 aliphatic rings. The molecule has 0 amide bonds. The topological polar surface area (TPSA) is 55.2 Å². The van der Waals surface area contributed by atoms with E-state index >= 15 is 0 Å². The number of alkyl halides is 3. The van der Waals surface area contributed by atoms with Gasteiger partial charge < -0.3 is 14.2 Å². The van der Waals surface area contributed by atoms with E-state index in [0.717, 1.165) is 79.6 Å². The Hall–Kier alpha value is -1.53. The van der Waals surface area contributed by atoms with Crippen LogP contribution in [0.25, 0.3) is 16.5 Å². The van der Waals surface area contributed by atoms with E-state index in [0.29, 0.717) is 29.0 Å². The number of ether oxygens (including phenoxy) is 1. The summed E-state index contributed by atoms with van der Waals surface area (Å²) in [7, 11) is 0. The highest BCUT2D eigenvalue weighted by atomic mass is 35.5. The number of halogens is 4. The Morgan fingerprint density at radius 1 is 1.29 bits per heavy atom. The first-order chi connectivity index (χ1) is 18.3. The third-order valence-corrected chi connectivity index (χ3v) is 10.1. The molecule has 0 saturated carbocycles. The molecule has 12 heteroatoms. The summed E-state index contributed by atoms with van der Waals surface area (Å²) in [5, 5.41) is 0.742. The van der Waals surface area contributed by atoms with Gasteiger partial charge in [-0.05, 0) is 56.7 Å². The van der Waals surface area contributed by atoms with Gasteiger partial charge in [-0.1, -0.05) is 24.9 Å². The van der Waals surface area contributed by atoms with Gasteiger partial charge in [-0.25, -0.2) is 18.7 Å². The number of fused-ring (bicyclic) bond motifs is 1. The third-order valence-electron chi connectivity index (χ3n) is 7.70. The number of likely N-dealkylation sites (tertiary alicyclic amines) is 1. The van der Waals surface area contributed by atoms with Crippen molar-refractivity contribution in [2.75, 3.05) is 33.0 Å². The Bertz CT molecular complexity index is 1190. The molecule has 5 heterocycles. The first kappa shape index (κ1) is 28.0. The van der Waals surface area contributed by atoms with Crippen LogP contribution in [0.2, 0.25) is 5.15 Å². The number of hydrogen-bond acceptors (Lipinski definition) is 7. The van der Waals surface area contributed by atoms with Crippen LogP contribution in [0.5, 0.6) is 0 Å². The van der Waals surface area contributed by atoms with Crippen LogP contribution in [0.3, 0.4) is 0 Å². The average Bonchev–Trinajstić information content (AvgIpc) is 3.43. The number of piperidine rings is 1. The molecule has 0 aliphatic carbocycles. The zero-order valence-electron chi connectivity index (χ0n) is 21.6. The van der Waals surface area contributed by atoms with Crippen LogP contribution in [-0.2, 0) is 11.3 Å². The van der Waals surface area contributed by atoms with Crippen molar-refractivity contribution in [1.82, 2.24) is 24.2 Å². The monoisotopic (exact) mass is 587 g/mol. The van der Waals surface area contributed by atoms with E-state index in [2.05, 4.69) is 45.6 Å². The molecule has 0 radical (unpaired) electrons. The van der Waals surface area contributed by atoms with Crippen molar-refractivity contribution < 1.29 is 17.9 Å².